The van der Waals surface area contributed by atoms with Gasteiger partial charge < -0.3 is 9.80 Å². The van der Waals surface area contributed by atoms with E-state index in [1.165, 1.54) is 60.9 Å². The van der Waals surface area contributed by atoms with E-state index in [9.17, 15) is 4.39 Å². The van der Waals surface area contributed by atoms with Crippen molar-refractivity contribution in [2.45, 2.75) is 64.0 Å². The molecule has 29 heavy (non-hydrogen) atoms. The van der Waals surface area contributed by atoms with E-state index >= 15 is 0 Å². The average molecular weight is 396 g/mol. The minimum Gasteiger partial charge on any atom is -0.322 e. The Labute approximate surface area is 175 Å². The summed E-state index contributed by atoms with van der Waals surface area (Å²) in [4.78, 5) is 0. The Morgan fingerprint density at radius 3 is 2.66 bits per heavy atom. The minimum atomic E-state index is -0.138. The van der Waals surface area contributed by atoms with E-state index < -0.39 is 0 Å². The van der Waals surface area contributed by atoms with Crippen molar-refractivity contribution in [1.29, 1.82) is 0 Å². The molecule has 0 saturated carbocycles. The first-order chi connectivity index (χ1) is 14.2. The number of hydrogen-bond acceptors (Lipinski definition) is 1. The topological polar surface area (TPSA) is 12.0 Å². The molecule has 0 bridgehead atoms. The number of quaternary nitrogens is 1. The Balaban J connectivity index is 1.48. The van der Waals surface area contributed by atoms with Crippen molar-refractivity contribution in [1.82, 2.24) is 5.32 Å². The molecule has 0 radical (unpaired) electrons. The van der Waals surface area contributed by atoms with Crippen LogP contribution in [-0.4, -0.2) is 42.7 Å². The van der Waals surface area contributed by atoms with Gasteiger partial charge in [0.1, 0.15) is 5.82 Å². The molecule has 3 heteroatoms. The third-order valence-electron chi connectivity index (χ3n) is 7.75. The molecule has 1 fully saturated rings. The van der Waals surface area contributed by atoms with E-state index in [-0.39, 0.29) is 11.7 Å². The molecule has 0 aromatic heterocycles. The summed E-state index contributed by atoms with van der Waals surface area (Å²) in [5, 5.41) is 3.90. The van der Waals surface area contributed by atoms with Crippen LogP contribution in [0, 0.1) is 5.82 Å². The summed E-state index contributed by atoms with van der Waals surface area (Å²) in [6.45, 7) is 9.63. The molecule has 2 aromatic carbocycles. The van der Waals surface area contributed by atoms with Crippen molar-refractivity contribution in [2.24, 2.45) is 0 Å². The average Bonchev–Trinajstić information content (AvgIpc) is 3.12. The standard InChI is InChI=1S/C26H36FN2/c1-3-29(4-2)17-8-7-13-23(29)15-16-28-25-19-20-10-5-6-14-24(20)26(25)21-11-9-12-22(27)18-21/h5-6,9-12,14,18,23,25-26,28H,3-4,7-8,13,15-17,19H2,1-2H3/q+1. The Hall–Kier alpha value is -1.71. The minimum absolute atomic E-state index is 0.138. The van der Waals surface area contributed by atoms with Gasteiger partial charge in [0.25, 0.3) is 0 Å². The van der Waals surface area contributed by atoms with Crippen LogP contribution in [0.2, 0.25) is 0 Å². The molecule has 1 aliphatic carbocycles. The molecule has 4 rings (SSSR count). The molecule has 1 aliphatic heterocycles. The van der Waals surface area contributed by atoms with Gasteiger partial charge in [-0.1, -0.05) is 36.4 Å². The van der Waals surface area contributed by atoms with Crippen LogP contribution in [0.5, 0.6) is 0 Å². The fourth-order valence-electron chi connectivity index (χ4n) is 6.07. The van der Waals surface area contributed by atoms with Gasteiger partial charge in [-0.3, -0.25) is 0 Å². The van der Waals surface area contributed by atoms with E-state index in [4.69, 9.17) is 0 Å². The highest BCUT2D eigenvalue weighted by atomic mass is 19.1. The zero-order valence-corrected chi connectivity index (χ0v) is 18.0. The maximum atomic E-state index is 14.0. The number of rotatable bonds is 7. The molecular weight excluding hydrogens is 359 g/mol. The Kier molecular flexibility index (Phi) is 6.36. The normalized spacial score (nSPS) is 25.7. The van der Waals surface area contributed by atoms with Gasteiger partial charge in [-0.25, -0.2) is 4.39 Å². The molecule has 2 nitrogen and oxygen atoms in total. The fraction of sp³-hybridized carbons (Fsp3) is 0.538. The lowest BCUT2D eigenvalue weighted by molar-refractivity contribution is -0.953. The highest BCUT2D eigenvalue weighted by molar-refractivity contribution is 5.45. The summed E-state index contributed by atoms with van der Waals surface area (Å²) in [6.07, 6.45) is 6.40. The van der Waals surface area contributed by atoms with Gasteiger partial charge >= 0.3 is 0 Å². The van der Waals surface area contributed by atoms with Gasteiger partial charge in [0, 0.05) is 24.9 Å². The molecule has 3 unspecified atom stereocenters. The number of hydrogen-bond donors (Lipinski definition) is 1. The van der Waals surface area contributed by atoms with Crippen LogP contribution in [0.15, 0.2) is 48.5 Å². The molecule has 1 heterocycles. The quantitative estimate of drug-likeness (QED) is 0.630. The van der Waals surface area contributed by atoms with Gasteiger partial charge in [-0.05, 0) is 68.4 Å². The summed E-state index contributed by atoms with van der Waals surface area (Å²) in [5.74, 6) is 0.102. The number of halogens is 1. The molecule has 2 aromatic rings. The van der Waals surface area contributed by atoms with Gasteiger partial charge in [0.05, 0.1) is 25.7 Å². The molecule has 0 spiro atoms. The zero-order chi connectivity index (χ0) is 20.3. The third-order valence-corrected chi connectivity index (χ3v) is 7.75. The lowest BCUT2D eigenvalue weighted by atomic mass is 9.89. The second-order valence-corrected chi connectivity index (χ2v) is 9.01. The van der Waals surface area contributed by atoms with Crippen molar-refractivity contribution < 1.29 is 8.87 Å². The Bertz CT molecular complexity index is 814. The highest BCUT2D eigenvalue weighted by Crippen LogP contribution is 2.38. The maximum absolute atomic E-state index is 14.0. The summed E-state index contributed by atoms with van der Waals surface area (Å²) in [5.41, 5.74) is 3.86. The SMILES string of the molecule is CC[N+]1(CC)CCCCC1CCNC1Cc2ccccc2C1c1cccc(F)c1. The summed E-state index contributed by atoms with van der Waals surface area (Å²) in [6, 6.07) is 17.0. The van der Waals surface area contributed by atoms with Crippen LogP contribution in [0.25, 0.3) is 0 Å². The molecule has 2 aliphatic rings. The van der Waals surface area contributed by atoms with Crippen molar-refractivity contribution in [3.8, 4) is 0 Å². The molecule has 156 valence electrons. The number of benzene rings is 2. The Morgan fingerprint density at radius 1 is 1.03 bits per heavy atom. The van der Waals surface area contributed by atoms with E-state index in [1.54, 1.807) is 12.1 Å². The van der Waals surface area contributed by atoms with Crippen LogP contribution in [0.3, 0.4) is 0 Å². The number of likely N-dealkylation sites (tertiary alicyclic amines) is 1. The van der Waals surface area contributed by atoms with Gasteiger partial charge in [0.2, 0.25) is 0 Å². The van der Waals surface area contributed by atoms with E-state index in [2.05, 4.69) is 49.5 Å². The molecule has 3 atom stereocenters. The predicted octanol–water partition coefficient (Wildman–Crippen LogP) is 5.27. The first-order valence-electron chi connectivity index (χ1n) is 11.6. The van der Waals surface area contributed by atoms with Crippen LogP contribution in [-0.2, 0) is 6.42 Å². The van der Waals surface area contributed by atoms with Crippen LogP contribution in [0.4, 0.5) is 4.39 Å². The molecular formula is C26H36FN2+. The Morgan fingerprint density at radius 2 is 1.86 bits per heavy atom. The van der Waals surface area contributed by atoms with Gasteiger partial charge in [-0.15, -0.1) is 0 Å². The molecule has 1 N–H and O–H groups in total. The van der Waals surface area contributed by atoms with Crippen molar-refractivity contribution in [3.05, 3.63) is 71.0 Å². The van der Waals surface area contributed by atoms with Crippen molar-refractivity contribution in [3.63, 3.8) is 0 Å². The van der Waals surface area contributed by atoms with Crippen LogP contribution in [0.1, 0.15) is 62.1 Å². The monoisotopic (exact) mass is 395 g/mol. The summed E-state index contributed by atoms with van der Waals surface area (Å²) < 4.78 is 15.3. The first kappa shape index (κ1) is 20.6. The smallest absolute Gasteiger partial charge is 0.123 e. The second-order valence-electron chi connectivity index (χ2n) is 9.01. The van der Waals surface area contributed by atoms with Crippen LogP contribution >= 0.6 is 0 Å². The molecule has 0 amide bonds. The fourth-order valence-corrected chi connectivity index (χ4v) is 6.07. The van der Waals surface area contributed by atoms with Crippen molar-refractivity contribution in [2.75, 3.05) is 26.2 Å². The van der Waals surface area contributed by atoms with Gasteiger partial charge in [0.15, 0.2) is 0 Å². The number of nitrogens with zero attached hydrogens (tertiary/aromatic N) is 1. The van der Waals surface area contributed by atoms with E-state index in [0.29, 0.717) is 6.04 Å². The third kappa shape index (κ3) is 4.13. The highest BCUT2D eigenvalue weighted by Gasteiger charge is 2.37. The second kappa shape index (κ2) is 8.97. The lowest BCUT2D eigenvalue weighted by Crippen LogP contribution is -2.58. The van der Waals surface area contributed by atoms with E-state index in [0.717, 1.165) is 24.6 Å². The predicted molar refractivity (Wildman–Crippen MR) is 119 cm³/mol. The van der Waals surface area contributed by atoms with Crippen molar-refractivity contribution >= 4 is 0 Å². The summed E-state index contributed by atoms with van der Waals surface area (Å²) >= 11 is 0. The van der Waals surface area contributed by atoms with Gasteiger partial charge in [-0.2, -0.15) is 0 Å². The number of fused-ring (bicyclic) bond motifs is 1. The molecule has 1 saturated heterocycles. The maximum Gasteiger partial charge on any atom is 0.123 e. The zero-order valence-electron chi connectivity index (χ0n) is 18.0. The largest absolute Gasteiger partial charge is 0.322 e. The lowest BCUT2D eigenvalue weighted by Gasteiger charge is -2.47. The van der Waals surface area contributed by atoms with Crippen LogP contribution < -0.4 is 5.32 Å². The number of piperidine rings is 1. The first-order valence-corrected chi connectivity index (χ1v) is 11.6. The van der Waals surface area contributed by atoms with E-state index in [1.807, 2.05) is 6.07 Å². The summed E-state index contributed by atoms with van der Waals surface area (Å²) in [7, 11) is 0. The number of nitrogens with one attached hydrogen (secondary N) is 1.